The lowest BCUT2D eigenvalue weighted by Gasteiger charge is -2.26. The molecule has 2 rings (SSSR count). The highest BCUT2D eigenvalue weighted by molar-refractivity contribution is 9.11. The molecule has 2 N–H and O–H groups in total. The Morgan fingerprint density at radius 1 is 1.50 bits per heavy atom. The van der Waals surface area contributed by atoms with Crippen molar-refractivity contribution in [2.45, 2.75) is 25.8 Å². The standard InChI is InChI=1S/C11H16BrNOS.ClH/c1-7-6-9(15-11(7)12)10(13)8-2-4-14-5-3-8;/h6,8,10H,2-5,13H2,1H3;1H/t10-;/m1./s1. The second-order valence-corrected chi connectivity index (χ2v) is 6.48. The molecular weight excluding hydrogens is 310 g/mol. The maximum absolute atomic E-state index is 6.29. The summed E-state index contributed by atoms with van der Waals surface area (Å²) < 4.78 is 6.56. The fraction of sp³-hybridized carbons (Fsp3) is 0.636. The van der Waals surface area contributed by atoms with Crippen LogP contribution in [-0.4, -0.2) is 13.2 Å². The third kappa shape index (κ3) is 3.20. The van der Waals surface area contributed by atoms with Gasteiger partial charge in [0.15, 0.2) is 0 Å². The van der Waals surface area contributed by atoms with Crippen molar-refractivity contribution < 1.29 is 4.74 Å². The molecule has 1 fully saturated rings. The van der Waals surface area contributed by atoms with Gasteiger partial charge < -0.3 is 10.5 Å². The lowest BCUT2D eigenvalue weighted by atomic mass is 9.91. The molecule has 92 valence electrons. The second-order valence-electron chi connectivity index (χ2n) is 4.08. The Morgan fingerprint density at radius 3 is 2.62 bits per heavy atom. The average Bonchev–Trinajstić information content (AvgIpc) is 2.59. The minimum absolute atomic E-state index is 0. The molecule has 0 aliphatic carbocycles. The van der Waals surface area contributed by atoms with Crippen LogP contribution in [0.5, 0.6) is 0 Å². The van der Waals surface area contributed by atoms with Crippen LogP contribution in [-0.2, 0) is 4.74 Å². The van der Waals surface area contributed by atoms with Crippen molar-refractivity contribution >= 4 is 39.7 Å². The van der Waals surface area contributed by atoms with Gasteiger partial charge in [-0.05, 0) is 53.2 Å². The van der Waals surface area contributed by atoms with Crippen LogP contribution in [0.3, 0.4) is 0 Å². The van der Waals surface area contributed by atoms with Crippen molar-refractivity contribution in [2.75, 3.05) is 13.2 Å². The van der Waals surface area contributed by atoms with E-state index in [1.54, 1.807) is 11.3 Å². The summed E-state index contributed by atoms with van der Waals surface area (Å²) >= 11 is 5.31. The third-order valence-corrected chi connectivity index (χ3v) is 5.22. The van der Waals surface area contributed by atoms with E-state index in [9.17, 15) is 0 Å². The monoisotopic (exact) mass is 325 g/mol. The molecule has 0 unspecified atom stereocenters. The molecular formula is C11H17BrClNOS. The molecule has 2 nitrogen and oxygen atoms in total. The van der Waals surface area contributed by atoms with E-state index in [-0.39, 0.29) is 18.4 Å². The Bertz CT molecular complexity index is 319. The Labute approximate surface area is 115 Å². The molecule has 1 aromatic heterocycles. The number of aryl methyl sites for hydroxylation is 1. The van der Waals surface area contributed by atoms with E-state index in [1.807, 2.05) is 0 Å². The molecule has 0 spiro atoms. The summed E-state index contributed by atoms with van der Waals surface area (Å²) in [5, 5.41) is 0. The van der Waals surface area contributed by atoms with Gasteiger partial charge in [-0.25, -0.2) is 0 Å². The Hall–Kier alpha value is 0.390. The van der Waals surface area contributed by atoms with Gasteiger partial charge in [-0.3, -0.25) is 0 Å². The fourth-order valence-corrected chi connectivity index (χ4v) is 3.62. The molecule has 1 saturated heterocycles. The summed E-state index contributed by atoms with van der Waals surface area (Å²) in [5.74, 6) is 0.587. The van der Waals surface area contributed by atoms with E-state index >= 15 is 0 Å². The predicted octanol–water partition coefficient (Wildman–Crippen LogP) is 3.67. The van der Waals surface area contributed by atoms with Crippen molar-refractivity contribution in [2.24, 2.45) is 11.7 Å². The number of hydrogen-bond acceptors (Lipinski definition) is 3. The highest BCUT2D eigenvalue weighted by Gasteiger charge is 2.23. The van der Waals surface area contributed by atoms with Gasteiger partial charge in [-0.1, -0.05) is 0 Å². The van der Waals surface area contributed by atoms with Crippen molar-refractivity contribution in [3.8, 4) is 0 Å². The molecule has 2 heterocycles. The smallest absolute Gasteiger partial charge is 0.0731 e. The highest BCUT2D eigenvalue weighted by atomic mass is 79.9. The van der Waals surface area contributed by atoms with Crippen LogP contribution >= 0.6 is 39.7 Å². The maximum atomic E-state index is 6.29. The van der Waals surface area contributed by atoms with Crippen LogP contribution in [0, 0.1) is 12.8 Å². The molecule has 0 amide bonds. The minimum Gasteiger partial charge on any atom is -0.381 e. The van der Waals surface area contributed by atoms with Gasteiger partial charge in [0.2, 0.25) is 0 Å². The van der Waals surface area contributed by atoms with E-state index in [0.717, 1.165) is 26.1 Å². The second kappa shape index (κ2) is 6.36. The van der Waals surface area contributed by atoms with E-state index in [2.05, 4.69) is 28.9 Å². The van der Waals surface area contributed by atoms with Gasteiger partial charge >= 0.3 is 0 Å². The Balaban J connectivity index is 0.00000128. The fourth-order valence-electron chi connectivity index (χ4n) is 1.96. The number of nitrogens with two attached hydrogens (primary N) is 1. The molecule has 16 heavy (non-hydrogen) atoms. The average molecular weight is 327 g/mol. The van der Waals surface area contributed by atoms with Crippen LogP contribution in [0.4, 0.5) is 0 Å². The number of thiophene rings is 1. The largest absolute Gasteiger partial charge is 0.381 e. The zero-order chi connectivity index (χ0) is 10.8. The highest BCUT2D eigenvalue weighted by Crippen LogP contribution is 2.36. The number of ether oxygens (including phenoxy) is 1. The molecule has 5 heteroatoms. The van der Waals surface area contributed by atoms with E-state index in [1.165, 1.54) is 14.2 Å². The van der Waals surface area contributed by atoms with E-state index < -0.39 is 0 Å². The zero-order valence-corrected chi connectivity index (χ0v) is 12.5. The summed E-state index contributed by atoms with van der Waals surface area (Å²) in [7, 11) is 0. The van der Waals surface area contributed by atoms with Gasteiger partial charge in [-0.2, -0.15) is 0 Å². The molecule has 1 aliphatic heterocycles. The first-order chi connectivity index (χ1) is 7.18. The predicted molar refractivity (Wildman–Crippen MR) is 74.5 cm³/mol. The molecule has 1 aliphatic rings. The molecule has 1 atom stereocenters. The van der Waals surface area contributed by atoms with Crippen LogP contribution in [0.1, 0.15) is 29.3 Å². The first-order valence-corrected chi connectivity index (χ1v) is 6.88. The summed E-state index contributed by atoms with van der Waals surface area (Å²) in [6, 6.07) is 2.39. The van der Waals surface area contributed by atoms with E-state index in [4.69, 9.17) is 10.5 Å². The van der Waals surface area contributed by atoms with Crippen molar-refractivity contribution in [3.05, 3.63) is 20.3 Å². The first-order valence-electron chi connectivity index (χ1n) is 5.27. The van der Waals surface area contributed by atoms with Crippen molar-refractivity contribution in [1.82, 2.24) is 0 Å². The summed E-state index contributed by atoms with van der Waals surface area (Å²) in [6.07, 6.45) is 2.19. The van der Waals surface area contributed by atoms with Crippen LogP contribution in [0.25, 0.3) is 0 Å². The molecule has 0 radical (unpaired) electrons. The Kier molecular flexibility index (Phi) is 5.74. The molecule has 1 aromatic rings. The topological polar surface area (TPSA) is 35.2 Å². The SMILES string of the molecule is Cc1cc([C@H](N)C2CCOCC2)sc1Br.Cl. The summed E-state index contributed by atoms with van der Waals surface area (Å²) in [4.78, 5) is 1.30. The van der Waals surface area contributed by atoms with Gasteiger partial charge in [-0.15, -0.1) is 23.7 Å². The quantitative estimate of drug-likeness (QED) is 0.900. The summed E-state index contributed by atoms with van der Waals surface area (Å²) in [6.45, 7) is 3.84. The van der Waals surface area contributed by atoms with Crippen LogP contribution < -0.4 is 5.73 Å². The Morgan fingerprint density at radius 2 is 2.12 bits per heavy atom. The van der Waals surface area contributed by atoms with Gasteiger partial charge in [0.05, 0.1) is 3.79 Å². The number of halogens is 2. The zero-order valence-electron chi connectivity index (χ0n) is 9.24. The lowest BCUT2D eigenvalue weighted by molar-refractivity contribution is 0.0587. The normalized spacial score (nSPS) is 19.2. The summed E-state index contributed by atoms with van der Waals surface area (Å²) in [5.41, 5.74) is 7.58. The van der Waals surface area contributed by atoms with Crippen LogP contribution in [0.2, 0.25) is 0 Å². The molecule has 0 bridgehead atoms. The lowest BCUT2D eigenvalue weighted by Crippen LogP contribution is -2.26. The third-order valence-electron chi connectivity index (χ3n) is 2.98. The molecule has 0 saturated carbocycles. The minimum atomic E-state index is 0. The van der Waals surface area contributed by atoms with Gasteiger partial charge in [0, 0.05) is 24.1 Å². The van der Waals surface area contributed by atoms with Crippen molar-refractivity contribution in [1.29, 1.82) is 0 Å². The maximum Gasteiger partial charge on any atom is 0.0731 e. The van der Waals surface area contributed by atoms with E-state index in [0.29, 0.717) is 5.92 Å². The van der Waals surface area contributed by atoms with Gasteiger partial charge in [0.1, 0.15) is 0 Å². The van der Waals surface area contributed by atoms with Crippen molar-refractivity contribution in [3.63, 3.8) is 0 Å². The first kappa shape index (κ1) is 14.5. The van der Waals surface area contributed by atoms with Crippen LogP contribution in [0.15, 0.2) is 9.85 Å². The van der Waals surface area contributed by atoms with Gasteiger partial charge in [0.25, 0.3) is 0 Å². The number of rotatable bonds is 2. The number of hydrogen-bond donors (Lipinski definition) is 1. The molecule has 0 aromatic carbocycles.